The van der Waals surface area contributed by atoms with Crippen molar-refractivity contribution in [1.29, 1.82) is 0 Å². The van der Waals surface area contributed by atoms with Crippen LogP contribution in [0.4, 0.5) is 5.69 Å². The van der Waals surface area contributed by atoms with E-state index in [9.17, 15) is 8.42 Å². The van der Waals surface area contributed by atoms with Crippen molar-refractivity contribution >= 4 is 27.7 Å². The van der Waals surface area contributed by atoms with Crippen LogP contribution in [-0.4, -0.2) is 46.1 Å². The fourth-order valence-corrected chi connectivity index (χ4v) is 4.61. The van der Waals surface area contributed by atoms with E-state index in [1.54, 1.807) is 30.1 Å². The quantitative estimate of drug-likeness (QED) is 0.496. The number of sulfonamides is 1. The number of hydrogen-bond acceptors (Lipinski definition) is 7. The normalized spacial score (nSPS) is 11.6. The van der Waals surface area contributed by atoms with Crippen LogP contribution < -0.4 is 18.9 Å². The number of nitrogens with zero attached hydrogens (tertiary/aromatic N) is 1. The van der Waals surface area contributed by atoms with E-state index in [4.69, 9.17) is 14.2 Å². The van der Waals surface area contributed by atoms with Crippen LogP contribution in [0, 0.1) is 0 Å². The Kier molecular flexibility index (Phi) is 8.69. The van der Waals surface area contributed by atoms with Crippen molar-refractivity contribution in [3.05, 3.63) is 36.4 Å². The number of hydrogen-bond donors (Lipinski definition) is 1. The molecule has 0 spiro atoms. The van der Waals surface area contributed by atoms with Gasteiger partial charge in [-0.15, -0.1) is 0 Å². The predicted molar refractivity (Wildman–Crippen MR) is 121 cm³/mol. The van der Waals surface area contributed by atoms with Crippen LogP contribution in [0.15, 0.2) is 46.2 Å². The average Bonchev–Trinajstić information content (AvgIpc) is 2.72. The molecule has 0 aliphatic carbocycles. The molecule has 0 heterocycles. The third-order valence-electron chi connectivity index (χ3n) is 4.13. The lowest BCUT2D eigenvalue weighted by Crippen LogP contribution is -2.16. The van der Waals surface area contributed by atoms with Crippen LogP contribution >= 0.6 is 11.9 Å². The fourth-order valence-electron chi connectivity index (χ4n) is 2.64. The third kappa shape index (κ3) is 6.45. The Balaban J connectivity index is 2.44. The Morgan fingerprint density at radius 1 is 1.00 bits per heavy atom. The molecule has 0 radical (unpaired) electrons. The second-order valence-corrected chi connectivity index (χ2v) is 9.54. The predicted octanol–water partition coefficient (Wildman–Crippen LogP) is 4.64. The van der Waals surface area contributed by atoms with Gasteiger partial charge in [0.25, 0.3) is 10.0 Å². The molecule has 0 aliphatic heterocycles. The first kappa shape index (κ1) is 24.2. The van der Waals surface area contributed by atoms with E-state index in [1.807, 2.05) is 19.9 Å². The molecule has 0 bridgehead atoms. The summed E-state index contributed by atoms with van der Waals surface area (Å²) in [6.45, 7) is 9.68. The molecule has 2 rings (SSSR count). The number of nitrogens with one attached hydrogen (secondary N) is 1. The number of anilines is 1. The molecule has 0 aromatic heterocycles. The van der Waals surface area contributed by atoms with Crippen molar-refractivity contribution in [3.63, 3.8) is 0 Å². The monoisotopic (exact) mass is 454 g/mol. The molecule has 0 saturated carbocycles. The highest BCUT2D eigenvalue weighted by molar-refractivity contribution is 7.97. The molecule has 0 unspecified atom stereocenters. The Morgan fingerprint density at radius 3 is 2.10 bits per heavy atom. The summed E-state index contributed by atoms with van der Waals surface area (Å²) in [5.74, 6) is 1.24. The van der Waals surface area contributed by atoms with Gasteiger partial charge in [-0.05, 0) is 44.0 Å². The molecule has 0 fully saturated rings. The largest absolute Gasteiger partial charge is 0.497 e. The van der Waals surface area contributed by atoms with Gasteiger partial charge in [-0.2, -0.15) is 0 Å². The van der Waals surface area contributed by atoms with Crippen LogP contribution in [0.3, 0.4) is 0 Å². The maximum absolute atomic E-state index is 13.1. The maximum atomic E-state index is 13.1. The van der Waals surface area contributed by atoms with Crippen LogP contribution in [0.2, 0.25) is 0 Å². The molecule has 0 amide bonds. The second kappa shape index (κ2) is 10.8. The van der Waals surface area contributed by atoms with Gasteiger partial charge in [0, 0.05) is 36.2 Å². The van der Waals surface area contributed by atoms with Gasteiger partial charge >= 0.3 is 0 Å². The van der Waals surface area contributed by atoms with Gasteiger partial charge in [0.05, 0.1) is 30.9 Å². The average molecular weight is 455 g/mol. The first-order valence-electron chi connectivity index (χ1n) is 9.71. The Morgan fingerprint density at radius 2 is 1.60 bits per heavy atom. The molecule has 1 N–H and O–H groups in total. The van der Waals surface area contributed by atoms with E-state index in [0.29, 0.717) is 22.9 Å². The minimum Gasteiger partial charge on any atom is -0.497 e. The van der Waals surface area contributed by atoms with Crippen molar-refractivity contribution < 1.29 is 22.6 Å². The molecule has 30 heavy (non-hydrogen) atoms. The maximum Gasteiger partial charge on any atom is 0.262 e. The van der Waals surface area contributed by atoms with Gasteiger partial charge in [0.2, 0.25) is 0 Å². The van der Waals surface area contributed by atoms with Gasteiger partial charge in [0.1, 0.15) is 17.2 Å². The third-order valence-corrected chi connectivity index (χ3v) is 6.72. The summed E-state index contributed by atoms with van der Waals surface area (Å²) in [4.78, 5) is 0.951. The van der Waals surface area contributed by atoms with E-state index < -0.39 is 10.0 Å². The molecular weight excluding hydrogens is 424 g/mol. The van der Waals surface area contributed by atoms with Crippen LogP contribution in [0.1, 0.15) is 27.7 Å². The minimum absolute atomic E-state index is 0.0380. The first-order chi connectivity index (χ1) is 14.2. The number of methoxy groups -OCH3 is 2. The molecule has 2 aromatic carbocycles. The summed E-state index contributed by atoms with van der Waals surface area (Å²) >= 11 is 1.57. The lowest BCUT2D eigenvalue weighted by atomic mass is 10.3. The summed E-state index contributed by atoms with van der Waals surface area (Å²) in [7, 11) is -0.959. The highest BCUT2D eigenvalue weighted by atomic mass is 32.2. The molecule has 9 heteroatoms. The smallest absolute Gasteiger partial charge is 0.262 e. The fraction of sp³-hybridized carbons (Fsp3) is 0.429. The molecule has 2 aromatic rings. The van der Waals surface area contributed by atoms with E-state index in [0.717, 1.165) is 18.0 Å². The van der Waals surface area contributed by atoms with Gasteiger partial charge < -0.3 is 14.2 Å². The number of rotatable bonds is 11. The van der Waals surface area contributed by atoms with Gasteiger partial charge in [-0.25, -0.2) is 12.7 Å². The van der Waals surface area contributed by atoms with E-state index >= 15 is 0 Å². The van der Waals surface area contributed by atoms with Crippen molar-refractivity contribution in [2.75, 3.05) is 32.0 Å². The molecule has 0 aliphatic rings. The summed E-state index contributed by atoms with van der Waals surface area (Å²) in [5, 5.41) is 0. The number of benzene rings is 2. The first-order valence-corrected chi connectivity index (χ1v) is 12.0. The molecular formula is C21H30N2O5S2. The second-order valence-electron chi connectivity index (χ2n) is 6.68. The zero-order valence-corrected chi connectivity index (χ0v) is 19.9. The zero-order chi connectivity index (χ0) is 22.3. The molecule has 0 atom stereocenters. The molecule has 0 saturated heterocycles. The van der Waals surface area contributed by atoms with E-state index in [1.165, 1.54) is 26.4 Å². The zero-order valence-electron chi connectivity index (χ0n) is 18.3. The summed E-state index contributed by atoms with van der Waals surface area (Å²) in [5.41, 5.74) is 0.377. The van der Waals surface area contributed by atoms with Crippen molar-refractivity contribution in [3.8, 4) is 17.2 Å². The van der Waals surface area contributed by atoms with Gasteiger partial charge in [0.15, 0.2) is 0 Å². The Hall–Kier alpha value is -2.10. The number of ether oxygens (including phenoxy) is 3. The molecule has 7 nitrogen and oxygen atoms in total. The topological polar surface area (TPSA) is 77.1 Å². The van der Waals surface area contributed by atoms with E-state index in [-0.39, 0.29) is 11.0 Å². The van der Waals surface area contributed by atoms with Crippen LogP contribution in [-0.2, 0) is 10.0 Å². The van der Waals surface area contributed by atoms with Crippen LogP contribution in [0.5, 0.6) is 17.2 Å². The summed E-state index contributed by atoms with van der Waals surface area (Å²) in [6.07, 6.45) is -0.105. The van der Waals surface area contributed by atoms with E-state index in [2.05, 4.69) is 22.9 Å². The van der Waals surface area contributed by atoms with Crippen molar-refractivity contribution in [2.24, 2.45) is 0 Å². The van der Waals surface area contributed by atoms with Crippen molar-refractivity contribution in [1.82, 2.24) is 4.31 Å². The SMILES string of the molecule is CCN(CC)Sc1ccc(OC(C)C)c(NS(=O)(=O)c2cc(OC)cc(OC)c2)c1. The highest BCUT2D eigenvalue weighted by Crippen LogP contribution is 2.35. The standard InChI is InChI=1S/C21H30N2O5S2/c1-7-23(8-2)29-18-9-10-21(28-15(3)4)20(14-18)22-30(24,25)19-12-16(26-5)11-17(13-19)27-6/h9-15,22H,7-8H2,1-6H3. The lowest BCUT2D eigenvalue weighted by molar-refractivity contribution is 0.243. The van der Waals surface area contributed by atoms with Gasteiger partial charge in [-0.3, -0.25) is 4.72 Å². The lowest BCUT2D eigenvalue weighted by Gasteiger charge is -2.20. The van der Waals surface area contributed by atoms with Crippen LogP contribution in [0.25, 0.3) is 0 Å². The summed E-state index contributed by atoms with van der Waals surface area (Å²) in [6, 6.07) is 10.0. The Bertz CT molecular complexity index is 922. The molecule has 166 valence electrons. The minimum atomic E-state index is -3.91. The van der Waals surface area contributed by atoms with Gasteiger partial charge in [-0.1, -0.05) is 13.8 Å². The highest BCUT2D eigenvalue weighted by Gasteiger charge is 2.20. The summed E-state index contributed by atoms with van der Waals surface area (Å²) < 4.78 is 47.3. The van der Waals surface area contributed by atoms with Crippen molar-refractivity contribution in [2.45, 2.75) is 43.6 Å². The Labute approximate surface area is 183 Å².